The van der Waals surface area contributed by atoms with Crippen LogP contribution in [0.1, 0.15) is 22.6 Å². The second kappa shape index (κ2) is 9.36. The van der Waals surface area contributed by atoms with Crippen molar-refractivity contribution in [3.63, 3.8) is 0 Å². The molecule has 0 aliphatic carbocycles. The monoisotopic (exact) mass is 486 g/mol. The topological polar surface area (TPSA) is 0 Å². The van der Waals surface area contributed by atoms with Gasteiger partial charge in [-0.3, -0.25) is 0 Å². The highest BCUT2D eigenvalue weighted by Gasteiger charge is 2.10. The van der Waals surface area contributed by atoms with Crippen LogP contribution in [-0.2, 0) is 0 Å². The van der Waals surface area contributed by atoms with E-state index < -0.39 is 0 Å². The van der Waals surface area contributed by atoms with Crippen molar-refractivity contribution in [1.82, 2.24) is 0 Å². The maximum atomic E-state index is 6.07. The maximum absolute atomic E-state index is 6.07. The molecule has 0 saturated carbocycles. The molecule has 26 heavy (non-hydrogen) atoms. The summed E-state index contributed by atoms with van der Waals surface area (Å²) in [6, 6.07) is 28.6. The Morgan fingerprint density at radius 2 is 1.08 bits per heavy atom. The van der Waals surface area contributed by atoms with Crippen molar-refractivity contribution < 1.29 is 0 Å². The lowest BCUT2D eigenvalue weighted by Gasteiger charge is -2.12. The van der Waals surface area contributed by atoms with Crippen LogP contribution in [0, 0.1) is 0 Å². The third-order valence-electron chi connectivity index (χ3n) is 4.01. The van der Waals surface area contributed by atoms with Gasteiger partial charge in [0.25, 0.3) is 0 Å². The van der Waals surface area contributed by atoms with Crippen LogP contribution in [0.15, 0.2) is 97.1 Å². The summed E-state index contributed by atoms with van der Waals surface area (Å²) in [6.07, 6.45) is 4.42. The van der Waals surface area contributed by atoms with E-state index in [0.29, 0.717) is 0 Å². The summed E-state index contributed by atoms with van der Waals surface area (Å²) in [5.74, 6) is 0.0939. The molecule has 0 nitrogen and oxygen atoms in total. The number of rotatable bonds is 5. The predicted molar refractivity (Wildman–Crippen MR) is 121 cm³/mol. The SMILES string of the molecule is Clc1ccc(C(/C=C(\Br)c2ccccc2)/C=C(/Br)c2ccccc2)cc1. The van der Waals surface area contributed by atoms with Crippen LogP contribution < -0.4 is 0 Å². The molecule has 0 bridgehead atoms. The number of allylic oxidation sites excluding steroid dienone is 2. The summed E-state index contributed by atoms with van der Waals surface area (Å²) in [7, 11) is 0. The highest BCUT2D eigenvalue weighted by molar-refractivity contribution is 9.15. The molecule has 3 heteroatoms. The summed E-state index contributed by atoms with van der Waals surface area (Å²) >= 11 is 13.5. The van der Waals surface area contributed by atoms with Gasteiger partial charge in [-0.2, -0.15) is 0 Å². The van der Waals surface area contributed by atoms with E-state index in [4.69, 9.17) is 11.6 Å². The van der Waals surface area contributed by atoms with Crippen LogP contribution in [-0.4, -0.2) is 0 Å². The maximum Gasteiger partial charge on any atom is 0.0406 e. The van der Waals surface area contributed by atoms with E-state index in [1.807, 2.05) is 48.5 Å². The first-order valence-electron chi connectivity index (χ1n) is 8.24. The largest absolute Gasteiger partial charge is 0.0843 e. The van der Waals surface area contributed by atoms with Crippen molar-refractivity contribution in [2.45, 2.75) is 5.92 Å². The summed E-state index contributed by atoms with van der Waals surface area (Å²) in [5, 5.41) is 0.740. The first-order chi connectivity index (χ1) is 12.6. The molecule has 0 aliphatic rings. The van der Waals surface area contributed by atoms with Gasteiger partial charge in [0.15, 0.2) is 0 Å². The number of benzene rings is 3. The first-order valence-corrected chi connectivity index (χ1v) is 10.2. The van der Waals surface area contributed by atoms with Gasteiger partial charge in [-0.05, 0) is 28.8 Å². The molecule has 0 aliphatic heterocycles. The molecule has 0 heterocycles. The van der Waals surface area contributed by atoms with Crippen LogP contribution in [0.2, 0.25) is 5.02 Å². The smallest absolute Gasteiger partial charge is 0.0406 e. The molecule has 0 N–H and O–H groups in total. The number of hydrogen-bond donors (Lipinski definition) is 0. The van der Waals surface area contributed by atoms with E-state index >= 15 is 0 Å². The molecular formula is C23H17Br2Cl. The standard InChI is InChI=1S/C23H17Br2Cl/c24-22(18-7-3-1-4-8-18)15-20(17-11-13-21(26)14-12-17)16-23(25)19-9-5-2-6-10-19/h1-16,20H/b22-15-,23-16+. The van der Waals surface area contributed by atoms with Crippen molar-refractivity contribution in [2.24, 2.45) is 0 Å². The quantitative estimate of drug-likeness (QED) is 0.339. The van der Waals surface area contributed by atoms with E-state index in [1.165, 1.54) is 5.56 Å². The van der Waals surface area contributed by atoms with Crippen molar-refractivity contribution in [3.05, 3.63) is 119 Å². The Morgan fingerprint density at radius 3 is 1.50 bits per heavy atom. The molecule has 0 saturated heterocycles. The number of halogens is 3. The molecule has 3 aromatic rings. The van der Waals surface area contributed by atoms with Gasteiger partial charge in [-0.25, -0.2) is 0 Å². The zero-order valence-electron chi connectivity index (χ0n) is 13.9. The summed E-state index contributed by atoms with van der Waals surface area (Å²) in [5.41, 5.74) is 3.47. The van der Waals surface area contributed by atoms with Gasteiger partial charge in [0.1, 0.15) is 0 Å². The fraction of sp³-hybridized carbons (Fsp3) is 0.0435. The van der Waals surface area contributed by atoms with Gasteiger partial charge in [-0.15, -0.1) is 0 Å². The Hall–Kier alpha value is -1.61. The average Bonchev–Trinajstić information content (AvgIpc) is 2.69. The molecule has 0 amide bonds. The minimum absolute atomic E-state index is 0.0939. The van der Waals surface area contributed by atoms with Crippen molar-refractivity contribution >= 4 is 52.4 Å². The average molecular weight is 489 g/mol. The van der Waals surface area contributed by atoms with Gasteiger partial charge in [-0.1, -0.05) is 128 Å². The lowest BCUT2D eigenvalue weighted by Crippen LogP contribution is -1.93. The molecule has 3 rings (SSSR count). The van der Waals surface area contributed by atoms with Crippen molar-refractivity contribution in [3.8, 4) is 0 Å². The normalized spacial score (nSPS) is 13.5. The Morgan fingerprint density at radius 1 is 0.654 bits per heavy atom. The van der Waals surface area contributed by atoms with E-state index in [2.05, 4.69) is 80.4 Å². The van der Waals surface area contributed by atoms with Gasteiger partial charge < -0.3 is 0 Å². The summed E-state index contributed by atoms with van der Waals surface area (Å²) in [6.45, 7) is 0. The first kappa shape index (κ1) is 19.2. The van der Waals surface area contributed by atoms with Crippen LogP contribution in [0.4, 0.5) is 0 Å². The second-order valence-electron chi connectivity index (χ2n) is 5.84. The third kappa shape index (κ3) is 5.20. The van der Waals surface area contributed by atoms with Crippen LogP contribution in [0.3, 0.4) is 0 Å². The van der Waals surface area contributed by atoms with Crippen LogP contribution in [0.5, 0.6) is 0 Å². The Balaban J connectivity index is 2.01. The lowest BCUT2D eigenvalue weighted by molar-refractivity contribution is 1.09. The lowest BCUT2D eigenvalue weighted by atomic mass is 9.96. The molecule has 0 spiro atoms. The molecule has 1 unspecified atom stereocenters. The molecular weight excluding hydrogens is 472 g/mol. The van der Waals surface area contributed by atoms with E-state index in [-0.39, 0.29) is 5.92 Å². The third-order valence-corrected chi connectivity index (χ3v) is 5.70. The Bertz CT molecular complexity index is 842. The zero-order chi connectivity index (χ0) is 18.4. The van der Waals surface area contributed by atoms with Gasteiger partial charge >= 0.3 is 0 Å². The van der Waals surface area contributed by atoms with Gasteiger partial charge in [0.05, 0.1) is 0 Å². The molecule has 0 fully saturated rings. The van der Waals surface area contributed by atoms with E-state index in [0.717, 1.165) is 25.1 Å². The van der Waals surface area contributed by atoms with Crippen molar-refractivity contribution in [2.75, 3.05) is 0 Å². The minimum atomic E-state index is 0.0939. The molecule has 0 radical (unpaired) electrons. The predicted octanol–water partition coefficient (Wildman–Crippen LogP) is 8.30. The van der Waals surface area contributed by atoms with E-state index in [1.54, 1.807) is 0 Å². The highest BCUT2D eigenvalue weighted by Crippen LogP contribution is 2.33. The molecule has 1 atom stereocenters. The Kier molecular flexibility index (Phi) is 6.90. The summed E-state index contributed by atoms with van der Waals surface area (Å²) in [4.78, 5) is 0. The Labute approximate surface area is 176 Å². The molecule has 0 aromatic heterocycles. The fourth-order valence-electron chi connectivity index (χ4n) is 2.63. The highest BCUT2D eigenvalue weighted by atomic mass is 79.9. The van der Waals surface area contributed by atoms with Gasteiger partial charge in [0, 0.05) is 19.9 Å². The fourth-order valence-corrected chi connectivity index (χ4v) is 3.85. The van der Waals surface area contributed by atoms with E-state index in [9.17, 15) is 0 Å². The zero-order valence-corrected chi connectivity index (χ0v) is 17.9. The number of hydrogen-bond acceptors (Lipinski definition) is 0. The summed E-state index contributed by atoms with van der Waals surface area (Å²) < 4.78 is 2.12. The van der Waals surface area contributed by atoms with Gasteiger partial charge in [0.2, 0.25) is 0 Å². The second-order valence-corrected chi connectivity index (χ2v) is 7.98. The molecule has 130 valence electrons. The minimum Gasteiger partial charge on any atom is -0.0843 e. The van der Waals surface area contributed by atoms with Crippen molar-refractivity contribution in [1.29, 1.82) is 0 Å². The van der Waals surface area contributed by atoms with Crippen LogP contribution in [0.25, 0.3) is 8.96 Å². The molecule has 3 aromatic carbocycles. The van der Waals surface area contributed by atoms with Crippen LogP contribution >= 0.6 is 43.5 Å².